The van der Waals surface area contributed by atoms with Crippen LogP contribution in [-0.4, -0.2) is 28.3 Å². The van der Waals surface area contributed by atoms with Crippen molar-refractivity contribution in [3.8, 4) is 5.69 Å². The average Bonchev–Trinajstić information content (AvgIpc) is 3.31. The van der Waals surface area contributed by atoms with Gasteiger partial charge in [0, 0.05) is 11.4 Å². The summed E-state index contributed by atoms with van der Waals surface area (Å²) < 4.78 is 6.97. The molecular weight excluding hydrogens is 366 g/mol. The largest absolute Gasteiger partial charge is 0.452 e. The molecule has 1 amide bonds. The highest BCUT2D eigenvalue weighted by atomic mass is 16.5. The normalized spacial score (nSPS) is 12.5. The molecule has 0 radical (unpaired) electrons. The summed E-state index contributed by atoms with van der Waals surface area (Å²) in [6, 6.07) is 14.9. The quantitative estimate of drug-likeness (QED) is 0.674. The Kier molecular flexibility index (Phi) is 5.16. The minimum absolute atomic E-state index is 0.324. The van der Waals surface area contributed by atoms with Crippen LogP contribution >= 0.6 is 0 Å². The Labute approximate surface area is 169 Å². The van der Waals surface area contributed by atoms with Gasteiger partial charge >= 0.3 is 5.97 Å². The first-order chi connectivity index (χ1) is 14.0. The molecule has 0 saturated carbocycles. The number of carbonyl (C=O) groups is 2. The van der Waals surface area contributed by atoms with Gasteiger partial charge in [-0.25, -0.2) is 9.48 Å². The van der Waals surface area contributed by atoms with E-state index in [4.69, 9.17) is 4.74 Å². The molecule has 1 N–H and O–H groups in total. The summed E-state index contributed by atoms with van der Waals surface area (Å²) in [4.78, 5) is 24.4. The molecule has 0 spiro atoms. The SMILES string of the molecule is Cc1cc(C)n(-c2ccc(C(=O)OCC(=O)Nc3ccc4c(c3)CCC4)cc2)n1. The van der Waals surface area contributed by atoms with Gasteiger partial charge in [-0.1, -0.05) is 6.07 Å². The number of rotatable bonds is 5. The number of hydrogen-bond donors (Lipinski definition) is 1. The maximum atomic E-state index is 12.2. The highest BCUT2D eigenvalue weighted by Crippen LogP contribution is 2.24. The number of esters is 1. The van der Waals surface area contributed by atoms with Gasteiger partial charge in [-0.05, 0) is 86.7 Å². The van der Waals surface area contributed by atoms with Gasteiger partial charge in [-0.15, -0.1) is 0 Å². The lowest BCUT2D eigenvalue weighted by Crippen LogP contribution is -2.21. The second kappa shape index (κ2) is 7.91. The topological polar surface area (TPSA) is 73.2 Å². The first-order valence-electron chi connectivity index (χ1n) is 9.72. The van der Waals surface area contributed by atoms with Gasteiger partial charge in [0.05, 0.1) is 16.9 Å². The van der Waals surface area contributed by atoms with Crippen molar-refractivity contribution in [1.29, 1.82) is 0 Å². The molecule has 0 unspecified atom stereocenters. The van der Waals surface area contributed by atoms with Gasteiger partial charge in [0.2, 0.25) is 0 Å². The Balaban J connectivity index is 1.33. The Morgan fingerprint density at radius 3 is 2.52 bits per heavy atom. The fourth-order valence-corrected chi connectivity index (χ4v) is 3.69. The summed E-state index contributed by atoms with van der Waals surface area (Å²) in [5, 5.41) is 7.21. The van der Waals surface area contributed by atoms with E-state index in [2.05, 4.69) is 10.4 Å². The lowest BCUT2D eigenvalue weighted by atomic mass is 10.1. The lowest BCUT2D eigenvalue weighted by Gasteiger charge is -2.09. The number of nitrogens with zero attached hydrogens (tertiary/aromatic N) is 2. The van der Waals surface area contributed by atoms with Crippen molar-refractivity contribution >= 4 is 17.6 Å². The first-order valence-corrected chi connectivity index (χ1v) is 9.72. The Hall–Kier alpha value is -3.41. The van der Waals surface area contributed by atoms with E-state index in [0.717, 1.165) is 42.0 Å². The molecule has 0 fully saturated rings. The number of fused-ring (bicyclic) bond motifs is 1. The lowest BCUT2D eigenvalue weighted by molar-refractivity contribution is -0.119. The van der Waals surface area contributed by atoms with E-state index >= 15 is 0 Å². The Bertz CT molecular complexity index is 1070. The van der Waals surface area contributed by atoms with Crippen LogP contribution < -0.4 is 5.32 Å². The molecule has 1 aromatic heterocycles. The molecule has 6 nitrogen and oxygen atoms in total. The summed E-state index contributed by atoms with van der Waals surface area (Å²) in [5.74, 6) is -0.885. The zero-order valence-electron chi connectivity index (χ0n) is 16.6. The smallest absolute Gasteiger partial charge is 0.338 e. The third-order valence-electron chi connectivity index (χ3n) is 5.07. The second-order valence-corrected chi connectivity index (χ2v) is 7.35. The summed E-state index contributed by atoms with van der Waals surface area (Å²) in [6.45, 7) is 3.58. The van der Waals surface area contributed by atoms with E-state index in [0.29, 0.717) is 5.56 Å². The van der Waals surface area contributed by atoms with Crippen LogP contribution in [-0.2, 0) is 22.4 Å². The molecule has 0 atom stereocenters. The van der Waals surface area contributed by atoms with E-state index in [9.17, 15) is 9.59 Å². The summed E-state index contributed by atoms with van der Waals surface area (Å²) in [7, 11) is 0. The molecule has 1 heterocycles. The van der Waals surface area contributed by atoms with Crippen LogP contribution in [0.5, 0.6) is 0 Å². The number of nitrogens with one attached hydrogen (secondary N) is 1. The molecule has 0 saturated heterocycles. The number of anilines is 1. The van der Waals surface area contributed by atoms with Gasteiger partial charge < -0.3 is 10.1 Å². The van der Waals surface area contributed by atoms with Crippen LogP contribution in [0.2, 0.25) is 0 Å². The molecule has 4 rings (SSSR count). The maximum absolute atomic E-state index is 12.2. The van der Waals surface area contributed by atoms with Gasteiger partial charge in [-0.2, -0.15) is 5.10 Å². The molecule has 3 aromatic rings. The molecule has 148 valence electrons. The van der Waals surface area contributed by atoms with Crippen molar-refractivity contribution in [2.24, 2.45) is 0 Å². The van der Waals surface area contributed by atoms with Crippen molar-refractivity contribution in [3.05, 3.63) is 76.6 Å². The van der Waals surface area contributed by atoms with Crippen LogP contribution in [0.1, 0.15) is 39.3 Å². The molecule has 29 heavy (non-hydrogen) atoms. The van der Waals surface area contributed by atoms with Crippen molar-refractivity contribution in [2.45, 2.75) is 33.1 Å². The van der Waals surface area contributed by atoms with Gasteiger partial charge in [0.15, 0.2) is 6.61 Å². The van der Waals surface area contributed by atoms with E-state index < -0.39 is 5.97 Å². The minimum Gasteiger partial charge on any atom is -0.452 e. The van der Waals surface area contributed by atoms with Crippen molar-refractivity contribution in [1.82, 2.24) is 9.78 Å². The average molecular weight is 389 g/mol. The van der Waals surface area contributed by atoms with Crippen LogP contribution in [0.3, 0.4) is 0 Å². The number of carbonyl (C=O) groups excluding carboxylic acids is 2. The minimum atomic E-state index is -0.533. The molecule has 1 aliphatic rings. The van der Waals surface area contributed by atoms with E-state index in [1.807, 2.05) is 42.8 Å². The third-order valence-corrected chi connectivity index (χ3v) is 5.07. The monoisotopic (exact) mass is 389 g/mol. The van der Waals surface area contributed by atoms with Crippen LogP contribution in [0, 0.1) is 13.8 Å². The van der Waals surface area contributed by atoms with Crippen LogP contribution in [0.15, 0.2) is 48.5 Å². The fourth-order valence-electron chi connectivity index (χ4n) is 3.69. The van der Waals surface area contributed by atoms with Crippen LogP contribution in [0.4, 0.5) is 5.69 Å². The van der Waals surface area contributed by atoms with Crippen molar-refractivity contribution in [3.63, 3.8) is 0 Å². The first kappa shape index (κ1) is 18.9. The third kappa shape index (κ3) is 4.21. The van der Waals surface area contributed by atoms with Gasteiger partial charge in [0.25, 0.3) is 5.91 Å². The summed E-state index contributed by atoms with van der Waals surface area (Å²) in [5.41, 5.74) is 6.56. The number of ether oxygens (including phenoxy) is 1. The highest BCUT2D eigenvalue weighted by Gasteiger charge is 2.14. The number of aromatic nitrogens is 2. The van der Waals surface area contributed by atoms with Gasteiger partial charge in [0.1, 0.15) is 0 Å². The highest BCUT2D eigenvalue weighted by molar-refractivity contribution is 5.95. The number of amides is 1. The predicted molar refractivity (Wildman–Crippen MR) is 110 cm³/mol. The number of benzene rings is 2. The standard InChI is InChI=1S/C23H23N3O3/c1-15-12-16(2)26(25-15)21-10-7-18(8-11-21)23(28)29-14-22(27)24-20-9-6-17-4-3-5-19(17)13-20/h6-13H,3-5,14H2,1-2H3,(H,24,27). The van der Waals surface area contributed by atoms with Crippen molar-refractivity contribution < 1.29 is 14.3 Å². The Morgan fingerprint density at radius 2 is 1.79 bits per heavy atom. The van der Waals surface area contributed by atoms with Crippen molar-refractivity contribution in [2.75, 3.05) is 11.9 Å². The second-order valence-electron chi connectivity index (χ2n) is 7.35. The summed E-state index contributed by atoms with van der Waals surface area (Å²) >= 11 is 0. The molecule has 6 heteroatoms. The molecule has 0 aliphatic heterocycles. The van der Waals surface area contributed by atoms with E-state index in [-0.39, 0.29) is 12.5 Å². The summed E-state index contributed by atoms with van der Waals surface area (Å²) in [6.07, 6.45) is 3.30. The van der Waals surface area contributed by atoms with Crippen LogP contribution in [0.25, 0.3) is 5.69 Å². The van der Waals surface area contributed by atoms with Gasteiger partial charge in [-0.3, -0.25) is 4.79 Å². The number of aryl methyl sites for hydroxylation is 4. The van der Waals surface area contributed by atoms with E-state index in [1.165, 1.54) is 11.1 Å². The fraction of sp³-hybridized carbons (Fsp3) is 0.261. The number of hydrogen-bond acceptors (Lipinski definition) is 4. The molecule has 2 aromatic carbocycles. The Morgan fingerprint density at radius 1 is 1.03 bits per heavy atom. The molecule has 0 bridgehead atoms. The molecular formula is C23H23N3O3. The molecule has 1 aliphatic carbocycles. The maximum Gasteiger partial charge on any atom is 0.338 e. The zero-order chi connectivity index (χ0) is 20.4. The predicted octanol–water partition coefficient (Wildman–Crippen LogP) is 3.77. The zero-order valence-corrected chi connectivity index (χ0v) is 16.6. The van der Waals surface area contributed by atoms with E-state index in [1.54, 1.807) is 24.3 Å².